The summed E-state index contributed by atoms with van der Waals surface area (Å²) >= 11 is 0. The van der Waals surface area contributed by atoms with Gasteiger partial charge in [-0.05, 0) is 6.92 Å². The van der Waals surface area contributed by atoms with Crippen LogP contribution in [0.3, 0.4) is 0 Å². The number of carbonyl (C=O) groups is 1. The van der Waals surface area contributed by atoms with E-state index in [2.05, 4.69) is 19.4 Å². The highest BCUT2D eigenvalue weighted by atomic mass is 19.3. The molecule has 1 rings (SSSR count). The second-order valence-electron chi connectivity index (χ2n) is 3.48. The van der Waals surface area contributed by atoms with Crippen LogP contribution in [0.1, 0.15) is 16.2 Å². The summed E-state index contributed by atoms with van der Waals surface area (Å²) in [6, 6.07) is 0. The summed E-state index contributed by atoms with van der Waals surface area (Å²) in [5.74, 6) is -5.66. The SMILES string of the molecule is COC(=O)c1cnc(C)nc1OCC(F)(F)C(F)F. The van der Waals surface area contributed by atoms with Gasteiger partial charge in [0.25, 0.3) is 0 Å². The lowest BCUT2D eigenvalue weighted by molar-refractivity contribution is -0.148. The molecule has 0 atom stereocenters. The largest absolute Gasteiger partial charge is 0.470 e. The zero-order valence-electron chi connectivity index (χ0n) is 9.99. The van der Waals surface area contributed by atoms with Crippen molar-refractivity contribution in [3.05, 3.63) is 17.6 Å². The molecule has 0 saturated carbocycles. The molecule has 1 aromatic rings. The van der Waals surface area contributed by atoms with Crippen molar-refractivity contribution in [3.8, 4) is 5.88 Å². The fourth-order valence-corrected chi connectivity index (χ4v) is 1.04. The third-order valence-electron chi connectivity index (χ3n) is 2.00. The molecule has 0 amide bonds. The molecule has 0 spiro atoms. The fraction of sp³-hybridized carbons (Fsp3) is 0.500. The molecule has 0 bridgehead atoms. The quantitative estimate of drug-likeness (QED) is 0.609. The van der Waals surface area contributed by atoms with Crippen molar-refractivity contribution in [1.82, 2.24) is 9.97 Å². The molecule has 0 radical (unpaired) electrons. The molecule has 0 unspecified atom stereocenters. The Labute approximate surface area is 105 Å². The van der Waals surface area contributed by atoms with Gasteiger partial charge in [-0.1, -0.05) is 0 Å². The first-order chi connectivity index (χ1) is 8.77. The molecule has 0 N–H and O–H groups in total. The summed E-state index contributed by atoms with van der Waals surface area (Å²) in [6.45, 7) is -0.190. The van der Waals surface area contributed by atoms with Crippen LogP contribution in [0.2, 0.25) is 0 Å². The monoisotopic (exact) mass is 282 g/mol. The van der Waals surface area contributed by atoms with Gasteiger partial charge in [0.1, 0.15) is 11.4 Å². The zero-order chi connectivity index (χ0) is 14.6. The fourth-order valence-electron chi connectivity index (χ4n) is 1.04. The summed E-state index contributed by atoms with van der Waals surface area (Å²) in [7, 11) is 1.06. The summed E-state index contributed by atoms with van der Waals surface area (Å²) in [6.07, 6.45) is -2.87. The van der Waals surface area contributed by atoms with E-state index in [1.807, 2.05) is 0 Å². The van der Waals surface area contributed by atoms with Crippen molar-refractivity contribution < 1.29 is 31.8 Å². The van der Waals surface area contributed by atoms with Crippen molar-refractivity contribution in [3.63, 3.8) is 0 Å². The van der Waals surface area contributed by atoms with Crippen LogP contribution in [0.25, 0.3) is 0 Å². The number of rotatable bonds is 5. The smallest absolute Gasteiger partial charge is 0.344 e. The van der Waals surface area contributed by atoms with Gasteiger partial charge in [0.2, 0.25) is 5.88 Å². The van der Waals surface area contributed by atoms with Crippen molar-refractivity contribution in [1.29, 1.82) is 0 Å². The maximum Gasteiger partial charge on any atom is 0.344 e. The Kier molecular flexibility index (Phi) is 4.62. The number of carbonyl (C=O) groups excluding carboxylic acids is 1. The lowest BCUT2D eigenvalue weighted by Crippen LogP contribution is -2.34. The summed E-state index contributed by atoms with van der Waals surface area (Å²) < 4.78 is 58.2. The Hall–Kier alpha value is -1.93. The summed E-state index contributed by atoms with van der Waals surface area (Å²) in [5, 5.41) is 0. The number of ether oxygens (including phenoxy) is 2. The lowest BCUT2D eigenvalue weighted by Gasteiger charge is -2.16. The van der Waals surface area contributed by atoms with Gasteiger partial charge >= 0.3 is 18.3 Å². The van der Waals surface area contributed by atoms with Gasteiger partial charge in [-0.15, -0.1) is 0 Å². The van der Waals surface area contributed by atoms with E-state index < -0.39 is 30.8 Å². The zero-order valence-corrected chi connectivity index (χ0v) is 9.99. The standard InChI is InChI=1S/C10H10F4N2O3/c1-5-15-3-6(8(17)18-2)7(16-5)19-4-10(13,14)9(11)12/h3,9H,4H2,1-2H3. The molecule has 1 heterocycles. The average Bonchev–Trinajstić information content (AvgIpc) is 2.35. The third kappa shape index (κ3) is 3.76. The molecular weight excluding hydrogens is 272 g/mol. The Bertz CT molecular complexity index is 468. The first kappa shape index (κ1) is 15.1. The number of halogens is 4. The highest BCUT2D eigenvalue weighted by Crippen LogP contribution is 2.25. The Morgan fingerprint density at radius 2 is 2.11 bits per heavy atom. The molecule has 0 fully saturated rings. The second-order valence-corrected chi connectivity index (χ2v) is 3.48. The second kappa shape index (κ2) is 5.81. The van der Waals surface area contributed by atoms with Gasteiger partial charge in [-0.25, -0.2) is 18.6 Å². The predicted molar refractivity (Wildman–Crippen MR) is 54.6 cm³/mol. The van der Waals surface area contributed by atoms with Gasteiger partial charge in [-0.3, -0.25) is 0 Å². The minimum Gasteiger partial charge on any atom is -0.470 e. The van der Waals surface area contributed by atoms with Crippen LogP contribution in [0.4, 0.5) is 17.6 Å². The number of aromatic nitrogens is 2. The molecule has 0 aliphatic rings. The molecule has 0 aliphatic heterocycles. The average molecular weight is 282 g/mol. The topological polar surface area (TPSA) is 61.3 Å². The van der Waals surface area contributed by atoms with Crippen LogP contribution in [0.5, 0.6) is 5.88 Å². The Balaban J connectivity index is 2.94. The van der Waals surface area contributed by atoms with E-state index in [9.17, 15) is 22.4 Å². The molecule has 1 aromatic heterocycles. The highest BCUT2D eigenvalue weighted by Gasteiger charge is 2.42. The normalized spacial score (nSPS) is 11.5. The number of nitrogens with zero attached hydrogens (tertiary/aromatic N) is 2. The number of esters is 1. The molecular formula is C10H10F4N2O3. The van der Waals surface area contributed by atoms with E-state index in [4.69, 9.17) is 0 Å². The molecule has 0 aliphatic carbocycles. The lowest BCUT2D eigenvalue weighted by atomic mass is 10.3. The van der Waals surface area contributed by atoms with E-state index in [0.29, 0.717) is 0 Å². The molecule has 0 saturated heterocycles. The van der Waals surface area contributed by atoms with Crippen LogP contribution < -0.4 is 4.74 Å². The van der Waals surface area contributed by atoms with E-state index >= 15 is 0 Å². The van der Waals surface area contributed by atoms with Crippen molar-refractivity contribution in [2.75, 3.05) is 13.7 Å². The van der Waals surface area contributed by atoms with Crippen molar-refractivity contribution in [2.24, 2.45) is 0 Å². The van der Waals surface area contributed by atoms with Crippen molar-refractivity contribution in [2.45, 2.75) is 19.3 Å². The minimum absolute atomic E-state index is 0.128. The molecule has 0 aromatic carbocycles. The maximum absolute atomic E-state index is 12.7. The number of aryl methyl sites for hydroxylation is 1. The molecule has 106 valence electrons. The minimum atomic E-state index is -4.34. The first-order valence-corrected chi connectivity index (χ1v) is 4.98. The van der Waals surface area contributed by atoms with Crippen LogP contribution in [-0.4, -0.2) is 42.0 Å². The van der Waals surface area contributed by atoms with Gasteiger partial charge in [0, 0.05) is 6.20 Å². The maximum atomic E-state index is 12.7. The van der Waals surface area contributed by atoms with Gasteiger partial charge in [-0.2, -0.15) is 13.8 Å². The number of hydrogen-bond acceptors (Lipinski definition) is 5. The molecule has 9 heteroatoms. The number of alkyl halides is 4. The van der Waals surface area contributed by atoms with Gasteiger partial charge < -0.3 is 9.47 Å². The summed E-state index contributed by atoms with van der Waals surface area (Å²) in [4.78, 5) is 18.5. The first-order valence-electron chi connectivity index (χ1n) is 4.98. The molecule has 19 heavy (non-hydrogen) atoms. The third-order valence-corrected chi connectivity index (χ3v) is 2.00. The number of hydrogen-bond donors (Lipinski definition) is 0. The summed E-state index contributed by atoms with van der Waals surface area (Å²) in [5.41, 5.74) is -0.321. The van der Waals surface area contributed by atoms with Gasteiger partial charge in [0.05, 0.1) is 7.11 Å². The van der Waals surface area contributed by atoms with Crippen LogP contribution in [0, 0.1) is 6.92 Å². The Morgan fingerprint density at radius 1 is 1.47 bits per heavy atom. The van der Waals surface area contributed by atoms with Crippen LogP contribution in [-0.2, 0) is 4.74 Å². The number of methoxy groups -OCH3 is 1. The van der Waals surface area contributed by atoms with Crippen molar-refractivity contribution >= 4 is 5.97 Å². The van der Waals surface area contributed by atoms with Gasteiger partial charge in [0.15, 0.2) is 6.61 Å². The van der Waals surface area contributed by atoms with Crippen LogP contribution >= 0.6 is 0 Å². The Morgan fingerprint density at radius 3 is 2.63 bits per heavy atom. The van der Waals surface area contributed by atoms with Crippen LogP contribution in [0.15, 0.2) is 6.20 Å². The van der Waals surface area contributed by atoms with E-state index in [1.54, 1.807) is 0 Å². The van der Waals surface area contributed by atoms with E-state index in [-0.39, 0.29) is 11.4 Å². The van der Waals surface area contributed by atoms with E-state index in [0.717, 1.165) is 13.3 Å². The van der Waals surface area contributed by atoms with E-state index in [1.165, 1.54) is 6.92 Å². The highest BCUT2D eigenvalue weighted by molar-refractivity contribution is 5.91. The molecule has 5 nitrogen and oxygen atoms in total. The predicted octanol–water partition coefficient (Wildman–Crippen LogP) is 1.85.